The number of aliphatic hydroxyl groups is 2. The molecule has 0 saturated heterocycles. The second-order valence-electron chi connectivity index (χ2n) is 15.7. The molecule has 1 aliphatic rings. The average molecular weight is 996 g/mol. The molecule has 0 fully saturated rings. The van der Waals surface area contributed by atoms with Gasteiger partial charge < -0.3 is 44.0 Å². The summed E-state index contributed by atoms with van der Waals surface area (Å²) in [5.41, 5.74) is 13.5. The van der Waals surface area contributed by atoms with E-state index in [-0.39, 0.29) is 52.2 Å². The minimum atomic E-state index is 0. The molecule has 0 unspecified atom stereocenters. The Hall–Kier alpha value is -6.57. The van der Waals surface area contributed by atoms with Crippen LogP contribution in [0.1, 0.15) is 28.7 Å². The molecule has 0 saturated carbocycles. The van der Waals surface area contributed by atoms with Gasteiger partial charge >= 0.3 is 0 Å². The zero-order valence-electron chi connectivity index (χ0n) is 36.2. The summed E-state index contributed by atoms with van der Waals surface area (Å²) in [6.45, 7) is 5.27. The van der Waals surface area contributed by atoms with Crippen molar-refractivity contribution in [3.8, 4) is 50.9 Å². The van der Waals surface area contributed by atoms with Crippen molar-refractivity contribution in [1.82, 2.24) is 4.57 Å². The molecule has 2 heterocycles. The van der Waals surface area contributed by atoms with E-state index in [0.29, 0.717) is 13.2 Å². The Kier molecular flexibility index (Phi) is 13.3. The zero-order valence-corrected chi connectivity index (χ0v) is 39.8. The summed E-state index contributed by atoms with van der Waals surface area (Å²) in [6.07, 6.45) is 1.57. The topological polar surface area (TPSA) is 74.2 Å². The summed E-state index contributed by atoms with van der Waals surface area (Å²) in [6, 6.07) is 57.9. The van der Waals surface area contributed by atoms with Crippen molar-refractivity contribution in [2.45, 2.75) is 26.7 Å². The predicted octanol–water partition coefficient (Wildman–Crippen LogP) is 14.0. The molecular formula is C56H52HfN2O4. The molecule has 7 heteroatoms. The third-order valence-corrected chi connectivity index (χ3v) is 11.6. The number of ether oxygens (including phenoxy) is 2. The molecule has 0 atom stereocenters. The van der Waals surface area contributed by atoms with Crippen molar-refractivity contribution in [2.75, 3.05) is 18.1 Å². The summed E-state index contributed by atoms with van der Waals surface area (Å²) in [5, 5.41) is 26.5. The van der Waals surface area contributed by atoms with Crippen LogP contribution < -0.4 is 4.90 Å². The normalized spacial score (nSPS) is 11.5. The van der Waals surface area contributed by atoms with Gasteiger partial charge in [-0.15, -0.1) is 0 Å². The molecule has 0 amide bonds. The number of phenolic OH excluding ortho intramolecular Hbond substituents is 2. The summed E-state index contributed by atoms with van der Waals surface area (Å²) >= 11 is 0. The van der Waals surface area contributed by atoms with Crippen molar-refractivity contribution in [2.24, 2.45) is 0 Å². The maximum atomic E-state index is 12.1. The summed E-state index contributed by atoms with van der Waals surface area (Å²) in [4.78, 5) is 2.20. The molecule has 0 radical (unpaired) electrons. The number of hydrogen-bond donors (Lipinski definition) is 2. The number of nitrogens with zero attached hydrogens (tertiary/aromatic N) is 2. The molecule has 1 aromatic heterocycles. The number of anilines is 3. The van der Waals surface area contributed by atoms with Gasteiger partial charge in [0.15, 0.2) is 13.2 Å². The minimum absolute atomic E-state index is 0. The van der Waals surface area contributed by atoms with Crippen LogP contribution >= 0.6 is 0 Å². The van der Waals surface area contributed by atoms with E-state index in [9.17, 15) is 10.2 Å². The summed E-state index contributed by atoms with van der Waals surface area (Å²) < 4.78 is 12.3. The Morgan fingerprint density at radius 3 is 1.40 bits per heavy atom. The van der Waals surface area contributed by atoms with Gasteiger partial charge in [0, 0.05) is 77.7 Å². The molecule has 0 aliphatic carbocycles. The predicted molar refractivity (Wildman–Crippen MR) is 259 cm³/mol. The number of rotatable bonds is 10. The Morgan fingerprint density at radius 2 is 0.873 bits per heavy atom. The first kappa shape index (κ1) is 44.5. The molecule has 0 spiro atoms. The maximum Gasteiger partial charge on any atom is 0.262 e. The van der Waals surface area contributed by atoms with Crippen LogP contribution in [0, 0.1) is 28.7 Å². The van der Waals surface area contributed by atoms with E-state index in [0.717, 1.165) is 102 Å². The van der Waals surface area contributed by atoms with Gasteiger partial charge in [-0.1, -0.05) is 97.1 Å². The van der Waals surface area contributed by atoms with E-state index in [4.69, 9.17) is 9.47 Å². The fourth-order valence-electron chi connectivity index (χ4n) is 8.95. The largest absolute Gasteiger partial charge is 0.582 e. The van der Waals surface area contributed by atoms with Crippen LogP contribution in [0.25, 0.3) is 49.7 Å². The average Bonchev–Trinajstić information content (AvgIpc) is 3.61. The van der Waals surface area contributed by atoms with Crippen molar-refractivity contribution < 1.29 is 45.5 Å². The summed E-state index contributed by atoms with van der Waals surface area (Å²) in [7, 11) is 0. The molecule has 0 bridgehead atoms. The second-order valence-corrected chi connectivity index (χ2v) is 15.7. The maximum absolute atomic E-state index is 12.1. The van der Waals surface area contributed by atoms with Crippen molar-refractivity contribution in [3.63, 3.8) is 0 Å². The van der Waals surface area contributed by atoms with E-state index in [1.54, 1.807) is 0 Å². The van der Waals surface area contributed by atoms with Gasteiger partial charge in [-0.3, -0.25) is 0 Å². The minimum Gasteiger partial charge on any atom is -0.582 e. The molecule has 63 heavy (non-hydrogen) atoms. The number of benzene rings is 8. The molecule has 4 N–H and O–H groups in total. The van der Waals surface area contributed by atoms with Crippen LogP contribution in [0.15, 0.2) is 170 Å². The number of para-hydroxylation sites is 6. The van der Waals surface area contributed by atoms with Crippen LogP contribution in [-0.2, 0) is 32.3 Å². The van der Waals surface area contributed by atoms with Gasteiger partial charge in [-0.25, -0.2) is 0 Å². The van der Waals surface area contributed by atoms with Crippen LogP contribution in [0.2, 0.25) is 0 Å². The fraction of sp³-hybridized carbons (Fsp3) is 0.107. The SMILES string of the molecule is Cc1cc(-c2ccccc2[OH+]CCC[OH+]c2ccccc2-c2cc(C)cc(-n3c4ccccc4c4ccccc43)c2O)c(O)c(N2c3ccccc3Cc3ccccc32)c1.[CH3-].[CH3-].[Hf]. The third-order valence-electron chi connectivity index (χ3n) is 11.6. The number of aromatic hydroxyl groups is 4. The van der Waals surface area contributed by atoms with Crippen LogP contribution in [0.5, 0.6) is 23.0 Å². The van der Waals surface area contributed by atoms with E-state index in [1.807, 2.05) is 66.7 Å². The molecule has 8 aromatic carbocycles. The Bertz CT molecular complexity index is 2980. The van der Waals surface area contributed by atoms with Gasteiger partial charge in [0.25, 0.3) is 11.5 Å². The molecule has 10 rings (SSSR count). The van der Waals surface area contributed by atoms with E-state index in [1.165, 1.54) is 11.1 Å². The Labute approximate surface area is 389 Å². The molecular weight excluding hydrogens is 943 g/mol. The van der Waals surface area contributed by atoms with Crippen LogP contribution in [-0.4, -0.2) is 37.5 Å². The number of aryl methyl sites for hydroxylation is 2. The van der Waals surface area contributed by atoms with Crippen molar-refractivity contribution >= 4 is 38.9 Å². The zero-order chi connectivity index (χ0) is 40.7. The number of hydrogen-bond acceptors (Lipinski definition) is 3. The number of aromatic nitrogens is 1. The van der Waals surface area contributed by atoms with E-state index < -0.39 is 0 Å². The first-order valence-corrected chi connectivity index (χ1v) is 20.6. The Morgan fingerprint density at radius 1 is 0.460 bits per heavy atom. The van der Waals surface area contributed by atoms with E-state index in [2.05, 4.69) is 126 Å². The number of phenols is 2. The van der Waals surface area contributed by atoms with Gasteiger partial charge in [-0.05, 0) is 96.8 Å². The monoisotopic (exact) mass is 996 g/mol. The van der Waals surface area contributed by atoms with Gasteiger partial charge in [0.05, 0.1) is 33.5 Å². The van der Waals surface area contributed by atoms with Crippen LogP contribution in [0.3, 0.4) is 0 Å². The molecule has 9 aromatic rings. The van der Waals surface area contributed by atoms with Crippen molar-refractivity contribution in [3.05, 3.63) is 207 Å². The van der Waals surface area contributed by atoms with Crippen molar-refractivity contribution in [1.29, 1.82) is 0 Å². The van der Waals surface area contributed by atoms with Gasteiger partial charge in [0.1, 0.15) is 17.9 Å². The summed E-state index contributed by atoms with van der Waals surface area (Å²) in [5.74, 6) is 2.09. The second kappa shape index (κ2) is 18.8. The molecule has 6 nitrogen and oxygen atoms in total. The smallest absolute Gasteiger partial charge is 0.262 e. The first-order chi connectivity index (χ1) is 29.4. The molecule has 1 aliphatic heterocycles. The quantitative estimate of drug-likeness (QED) is 0.0620. The van der Waals surface area contributed by atoms with Gasteiger partial charge in [0.2, 0.25) is 0 Å². The van der Waals surface area contributed by atoms with Gasteiger partial charge in [-0.2, -0.15) is 0 Å². The van der Waals surface area contributed by atoms with Crippen LogP contribution in [0.4, 0.5) is 17.1 Å². The van der Waals surface area contributed by atoms with E-state index >= 15 is 0 Å². The fourth-order valence-corrected chi connectivity index (χ4v) is 8.95. The number of fused-ring (bicyclic) bond motifs is 5. The standard InChI is InChI=1S/C54H44N2O4.2CH3.Hf/c1-35-30-43(53(57)49(32-35)55-45-22-9-3-16-37(45)34-38-17-4-10-23-46(38)55)41-20-7-13-26-51(41)59-28-15-29-60-52-27-14-8-21-42(52)44-31-36(2)33-50(54(44)58)56-47-24-11-5-18-39(47)40-19-6-12-25-48(40)56;;;/h3-14,16-27,30-33,57-58H,15,28-29,34H2,1-2H3;2*1H3;/q;2*-1;/p+2. The molecule has 314 valence electrons. The third kappa shape index (κ3) is 8.14. The first-order valence-electron chi connectivity index (χ1n) is 20.6. The Balaban J connectivity index is 0.00000198.